The van der Waals surface area contributed by atoms with Gasteiger partial charge in [-0.2, -0.15) is 9.91 Å². The Labute approximate surface area is 391 Å². The van der Waals surface area contributed by atoms with Crippen LogP contribution in [-0.4, -0.2) is 124 Å². The number of tetrazole rings is 2. The number of carboxylic acids is 1. The minimum Gasteiger partial charge on any atom is -0.480 e. The van der Waals surface area contributed by atoms with E-state index in [2.05, 4.69) is 80.8 Å². The Morgan fingerprint density at radius 3 is 1.45 bits per heavy atom. The summed E-state index contributed by atoms with van der Waals surface area (Å²) < 4.78 is 33.1. The standard InChI is InChI=1S/C8H14N4O.C7H12N4O2.C6H15BO.C6H12O.C5H9N3.C5H13O2P.C5H12O2S/c1-6(13)5-12-7(8(2,3)4)9-10-11-12;1-7(2,3)6-8-10-11(9-6)4-5(12)13;1-6(2,3)5-7(4)8;1-5(7)6(2,3)4;1-4(2)5-6-3-7-8-5;2*1-5(2,3)8(4,6)7/h5H2,1-4H3;4H2,1-3H3,(H,12,13);8H,5H2,1-4H3;1-4H3;4H,3H2,1-2H3;1-4H3,(H,6,7);1-4H3. The lowest BCUT2D eigenvalue weighted by Crippen LogP contribution is -2.26. The Bertz CT molecular complexity index is 1950. The highest BCUT2D eigenvalue weighted by Crippen LogP contribution is 2.49. The summed E-state index contributed by atoms with van der Waals surface area (Å²) >= 11 is 0. The summed E-state index contributed by atoms with van der Waals surface area (Å²) in [5.74, 6) is 1.92. The maximum Gasteiger partial charge on any atom is 0.327 e. The molecule has 2 aromatic rings. The molecule has 0 radical (unpaired) electrons. The molecule has 0 aliphatic carbocycles. The minimum absolute atomic E-state index is 0.0535. The van der Waals surface area contributed by atoms with Crippen molar-refractivity contribution in [3.63, 3.8) is 0 Å². The second-order valence-electron chi connectivity index (χ2n) is 22.3. The van der Waals surface area contributed by atoms with Gasteiger partial charge in [-0.05, 0) is 62.0 Å². The molecule has 23 heteroatoms. The van der Waals surface area contributed by atoms with Crippen molar-refractivity contribution in [1.29, 1.82) is 0 Å². The molecule has 2 aromatic heterocycles. The van der Waals surface area contributed by atoms with Gasteiger partial charge in [-0.15, -0.1) is 20.4 Å². The fourth-order valence-electron chi connectivity index (χ4n) is 3.21. The van der Waals surface area contributed by atoms with Gasteiger partial charge in [0.25, 0.3) is 6.92 Å². The van der Waals surface area contributed by atoms with Crippen molar-refractivity contribution in [3.05, 3.63) is 11.6 Å². The van der Waals surface area contributed by atoms with Crippen LogP contribution in [0.5, 0.6) is 0 Å². The van der Waals surface area contributed by atoms with E-state index in [0.717, 1.165) is 22.8 Å². The minimum atomic E-state index is -2.85. The van der Waals surface area contributed by atoms with E-state index in [1.165, 1.54) is 19.8 Å². The van der Waals surface area contributed by atoms with Gasteiger partial charge in [0, 0.05) is 40.2 Å². The van der Waals surface area contributed by atoms with Crippen LogP contribution >= 0.6 is 7.37 Å². The van der Waals surface area contributed by atoms with Crippen molar-refractivity contribution in [2.24, 2.45) is 32.0 Å². The van der Waals surface area contributed by atoms with Crippen LogP contribution in [0.1, 0.15) is 164 Å². The SMILES string of the molecule is CB(O)CC(C)(C)C.CC(=O)C(C)(C)C.CC(=O)Cn1nnnc1C(C)(C)C.CC(C)(C)P(C)(=O)O.CC(C)(C)S(C)(=O)=O.CC(C)(C)c1nnn(CC(=O)O)n1.CC(C)C1=NCN=N1. The van der Waals surface area contributed by atoms with Gasteiger partial charge < -0.3 is 15.0 Å². The lowest BCUT2D eigenvalue weighted by molar-refractivity contribution is -0.138. The molecular formula is C42H87BN11O9PS. The second-order valence-corrected chi connectivity index (χ2v) is 28.2. The zero-order valence-corrected chi connectivity index (χ0v) is 46.3. The van der Waals surface area contributed by atoms with E-state index in [0.29, 0.717) is 18.4 Å². The fourth-order valence-corrected chi connectivity index (χ4v) is 3.21. The van der Waals surface area contributed by atoms with Crippen molar-refractivity contribution in [3.8, 4) is 0 Å². The highest BCUT2D eigenvalue weighted by atomic mass is 32.2. The molecule has 1 atom stereocenters. The molecule has 3 rings (SSSR count). The highest BCUT2D eigenvalue weighted by Gasteiger charge is 2.28. The summed E-state index contributed by atoms with van der Waals surface area (Å²) in [5, 5.41) is 46.9. The Morgan fingerprint density at radius 1 is 0.815 bits per heavy atom. The number of aromatic nitrogens is 8. The molecule has 3 N–H and O–H groups in total. The number of Topliss-reactive ketones (excluding diaryl/α,β-unsaturated/α-hetero) is 2. The lowest BCUT2D eigenvalue weighted by Gasteiger charge is -2.21. The number of aliphatic imine (C=N–C) groups is 1. The molecule has 0 fully saturated rings. The van der Waals surface area contributed by atoms with Gasteiger partial charge in [0.2, 0.25) is 7.37 Å². The van der Waals surface area contributed by atoms with Gasteiger partial charge in [-0.3, -0.25) is 18.9 Å². The molecule has 1 aliphatic rings. The average Bonchev–Trinajstić information content (AvgIpc) is 3.81. The second kappa shape index (κ2) is 27.9. The number of sulfone groups is 1. The van der Waals surface area contributed by atoms with Crippen molar-refractivity contribution < 1.29 is 42.4 Å². The first-order valence-electron chi connectivity index (χ1n) is 21.3. The van der Waals surface area contributed by atoms with E-state index in [4.69, 9.17) is 15.0 Å². The molecule has 378 valence electrons. The van der Waals surface area contributed by atoms with Gasteiger partial charge in [-0.25, -0.2) is 18.1 Å². The van der Waals surface area contributed by atoms with Crippen LogP contribution in [0.2, 0.25) is 13.1 Å². The van der Waals surface area contributed by atoms with Gasteiger partial charge in [0.1, 0.15) is 18.2 Å². The van der Waals surface area contributed by atoms with Crippen LogP contribution in [0.4, 0.5) is 0 Å². The molecule has 1 aliphatic heterocycles. The van der Waals surface area contributed by atoms with Gasteiger partial charge in [-0.1, -0.05) is 125 Å². The first-order chi connectivity index (χ1) is 28.5. The Kier molecular flexibility index (Phi) is 29.2. The van der Waals surface area contributed by atoms with Crippen LogP contribution < -0.4 is 0 Å². The van der Waals surface area contributed by atoms with E-state index >= 15 is 0 Å². The van der Waals surface area contributed by atoms with Crippen LogP contribution in [0.25, 0.3) is 0 Å². The van der Waals surface area contributed by atoms with Crippen molar-refractivity contribution >= 4 is 47.5 Å². The molecule has 0 spiro atoms. The fraction of sp³-hybridized carbons (Fsp3) is 0.857. The molecule has 20 nitrogen and oxygen atoms in total. The average molecular weight is 964 g/mol. The molecule has 1 unspecified atom stereocenters. The van der Waals surface area contributed by atoms with Gasteiger partial charge in [0.05, 0.1) is 4.75 Å². The third kappa shape index (κ3) is 36.2. The van der Waals surface area contributed by atoms with Crippen molar-refractivity contribution in [1.82, 2.24) is 40.4 Å². The van der Waals surface area contributed by atoms with Gasteiger partial charge >= 0.3 is 5.97 Å². The smallest absolute Gasteiger partial charge is 0.327 e. The molecule has 3 heterocycles. The lowest BCUT2D eigenvalue weighted by atomic mass is 9.60. The molecule has 65 heavy (non-hydrogen) atoms. The third-order valence-electron chi connectivity index (χ3n) is 8.28. The summed E-state index contributed by atoms with van der Waals surface area (Å²) in [6.07, 6.45) is 2.12. The van der Waals surface area contributed by atoms with E-state index in [-0.39, 0.29) is 53.2 Å². The zero-order valence-electron chi connectivity index (χ0n) is 44.5. The number of carbonyl (C=O) groups is 3. The quantitative estimate of drug-likeness (QED) is 0.183. The van der Waals surface area contributed by atoms with Gasteiger partial charge in [0.15, 0.2) is 40.5 Å². The first-order valence-corrected chi connectivity index (χ1v) is 25.3. The normalized spacial score (nSPS) is 13.7. The number of hydrogen-bond donors (Lipinski definition) is 3. The number of aliphatic carboxylic acids is 1. The topological polar surface area (TPSA) is 287 Å². The zero-order chi connectivity index (χ0) is 53.0. The number of carboxylic acid groups (broad SMARTS) is 1. The van der Waals surface area contributed by atoms with Crippen LogP contribution in [0.15, 0.2) is 15.2 Å². The predicted molar refractivity (Wildman–Crippen MR) is 262 cm³/mol. The number of azo groups is 1. The largest absolute Gasteiger partial charge is 0.480 e. The number of rotatable bonds is 6. The molecular weight excluding hydrogens is 876 g/mol. The van der Waals surface area contributed by atoms with Crippen LogP contribution in [-0.2, 0) is 52.7 Å². The molecule has 0 aromatic carbocycles. The Morgan fingerprint density at radius 2 is 1.25 bits per heavy atom. The third-order valence-corrected chi connectivity index (χ3v) is 13.0. The monoisotopic (exact) mass is 964 g/mol. The number of hydrogen-bond acceptors (Lipinski definition) is 16. The molecule has 0 bridgehead atoms. The van der Waals surface area contributed by atoms with Crippen molar-refractivity contribution in [2.45, 2.75) is 199 Å². The Balaban J connectivity index is -0.000000339. The highest BCUT2D eigenvalue weighted by molar-refractivity contribution is 7.92. The summed E-state index contributed by atoms with van der Waals surface area (Å²) in [4.78, 5) is 45.6. The van der Waals surface area contributed by atoms with E-state index in [1.54, 1.807) is 53.1 Å². The van der Waals surface area contributed by atoms with Crippen LogP contribution in [0.3, 0.4) is 0 Å². The molecule has 0 amide bonds. The summed E-state index contributed by atoms with van der Waals surface area (Å²) in [5.41, 5.74) is -0.191. The number of ketones is 2. The number of amidine groups is 1. The summed E-state index contributed by atoms with van der Waals surface area (Å²) in [7, 11) is -5.69. The summed E-state index contributed by atoms with van der Waals surface area (Å²) in [6.45, 7) is 45.1. The van der Waals surface area contributed by atoms with E-state index < -0.39 is 33.1 Å². The van der Waals surface area contributed by atoms with E-state index in [9.17, 15) is 27.4 Å². The maximum atomic E-state index is 10.9. The van der Waals surface area contributed by atoms with Crippen LogP contribution in [0, 0.1) is 16.7 Å². The number of carbonyl (C=O) groups excluding carboxylic acids is 2. The maximum absolute atomic E-state index is 10.9. The predicted octanol–water partition coefficient (Wildman–Crippen LogP) is 7.86. The first kappa shape index (κ1) is 68.0. The number of nitrogens with zero attached hydrogens (tertiary/aromatic N) is 11. The summed E-state index contributed by atoms with van der Waals surface area (Å²) in [6, 6.07) is 0. The Hall–Kier alpha value is -3.62. The molecule has 0 saturated heterocycles. The van der Waals surface area contributed by atoms with Crippen molar-refractivity contribution in [2.75, 3.05) is 19.6 Å². The van der Waals surface area contributed by atoms with E-state index in [1.807, 2.05) is 69.1 Å². The molecule has 0 saturated carbocycles.